The summed E-state index contributed by atoms with van der Waals surface area (Å²) in [5.41, 5.74) is 2.07. The largest absolute Gasteiger partial charge is 0.267 e. The highest BCUT2D eigenvalue weighted by molar-refractivity contribution is 7.71. The highest BCUT2D eigenvalue weighted by Crippen LogP contribution is 2.18. The molecule has 0 bridgehead atoms. The molecule has 0 aliphatic heterocycles. The lowest BCUT2D eigenvalue weighted by molar-refractivity contribution is 1.02. The maximum Gasteiger partial charge on any atom is 0.119 e. The van der Waals surface area contributed by atoms with Crippen LogP contribution in [0.4, 0.5) is 0 Å². The van der Waals surface area contributed by atoms with Crippen molar-refractivity contribution in [3.63, 3.8) is 0 Å². The van der Waals surface area contributed by atoms with Gasteiger partial charge in [-0.2, -0.15) is 16.4 Å². The quantitative estimate of drug-likeness (QED) is 0.707. The maximum atomic E-state index is 4.89. The molecule has 0 radical (unpaired) electrons. The van der Waals surface area contributed by atoms with Gasteiger partial charge in [0, 0.05) is 10.9 Å². The minimum Gasteiger partial charge on any atom is -0.267 e. The first kappa shape index (κ1) is 7.64. The Morgan fingerprint density at radius 1 is 1.33 bits per heavy atom. The molecule has 2 nitrogen and oxygen atoms in total. The molecule has 0 saturated carbocycles. The molecular weight excluding hydrogens is 188 g/mol. The first-order chi connectivity index (χ1) is 5.86. The van der Waals surface area contributed by atoms with Gasteiger partial charge in [-0.25, -0.2) is 0 Å². The molecule has 12 heavy (non-hydrogen) atoms. The van der Waals surface area contributed by atoms with Crippen molar-refractivity contribution in [2.75, 3.05) is 0 Å². The molecule has 60 valence electrons. The van der Waals surface area contributed by atoms with Gasteiger partial charge >= 0.3 is 0 Å². The van der Waals surface area contributed by atoms with Crippen LogP contribution in [0.3, 0.4) is 0 Å². The molecule has 0 saturated heterocycles. The average molecular weight is 194 g/mol. The van der Waals surface area contributed by atoms with Crippen molar-refractivity contribution >= 4 is 23.6 Å². The Labute approximate surface area is 78.9 Å². The van der Waals surface area contributed by atoms with Crippen LogP contribution in [0.15, 0.2) is 29.0 Å². The Balaban J connectivity index is 2.49. The van der Waals surface area contributed by atoms with E-state index in [9.17, 15) is 0 Å². The van der Waals surface area contributed by atoms with Gasteiger partial charge in [-0.15, -0.1) is 0 Å². The van der Waals surface area contributed by atoms with E-state index < -0.39 is 0 Å². The first-order valence-corrected chi connectivity index (χ1v) is 4.80. The van der Waals surface area contributed by atoms with Crippen LogP contribution in [0.5, 0.6) is 0 Å². The van der Waals surface area contributed by atoms with E-state index in [1.807, 2.05) is 23.6 Å². The summed E-state index contributed by atoms with van der Waals surface area (Å²) < 4.78 is 0.661. The summed E-state index contributed by atoms with van der Waals surface area (Å²) in [5, 5.41) is 10.9. The second kappa shape index (κ2) is 3.16. The van der Waals surface area contributed by atoms with Crippen LogP contribution in [0.2, 0.25) is 0 Å². The topological polar surface area (TPSA) is 28.7 Å². The molecule has 0 aromatic carbocycles. The fraction of sp³-hybridized carbons (Fsp3) is 0. The number of H-pyrrole nitrogens is 1. The molecular formula is C8H6N2S2. The predicted octanol–water partition coefficient (Wildman–Crippen LogP) is 2.87. The third-order valence-electron chi connectivity index (χ3n) is 1.50. The molecule has 0 amide bonds. The van der Waals surface area contributed by atoms with E-state index >= 15 is 0 Å². The summed E-state index contributed by atoms with van der Waals surface area (Å²) >= 11 is 6.54. The number of nitrogens with zero attached hydrogens (tertiary/aromatic N) is 1. The molecule has 0 aliphatic rings. The summed E-state index contributed by atoms with van der Waals surface area (Å²) in [4.78, 5) is 0. The summed E-state index contributed by atoms with van der Waals surface area (Å²) in [6, 6.07) is 5.79. The smallest absolute Gasteiger partial charge is 0.119 e. The molecule has 0 spiro atoms. The molecule has 0 fully saturated rings. The summed E-state index contributed by atoms with van der Waals surface area (Å²) in [7, 11) is 0. The van der Waals surface area contributed by atoms with Crippen LogP contribution in [-0.4, -0.2) is 10.2 Å². The number of aromatic amines is 1. The highest BCUT2D eigenvalue weighted by atomic mass is 32.1. The van der Waals surface area contributed by atoms with Crippen molar-refractivity contribution in [2.45, 2.75) is 0 Å². The molecule has 0 atom stereocenters. The second-order valence-corrected chi connectivity index (χ2v) is 3.54. The minimum atomic E-state index is 0.661. The molecule has 1 N–H and O–H groups in total. The number of nitrogens with one attached hydrogen (secondary N) is 1. The monoisotopic (exact) mass is 194 g/mol. The van der Waals surface area contributed by atoms with Crippen molar-refractivity contribution in [1.82, 2.24) is 10.2 Å². The molecule has 0 unspecified atom stereocenters. The van der Waals surface area contributed by atoms with Gasteiger partial charge in [0.1, 0.15) is 4.64 Å². The van der Waals surface area contributed by atoms with Crippen LogP contribution in [0.25, 0.3) is 11.3 Å². The Morgan fingerprint density at radius 2 is 2.25 bits per heavy atom. The maximum absolute atomic E-state index is 4.89. The van der Waals surface area contributed by atoms with Gasteiger partial charge in [0.25, 0.3) is 0 Å². The fourth-order valence-electron chi connectivity index (χ4n) is 0.915. The van der Waals surface area contributed by atoms with E-state index in [0.29, 0.717) is 4.64 Å². The summed E-state index contributed by atoms with van der Waals surface area (Å²) in [5.74, 6) is 0. The zero-order chi connectivity index (χ0) is 8.39. The van der Waals surface area contributed by atoms with Crippen molar-refractivity contribution in [2.24, 2.45) is 0 Å². The van der Waals surface area contributed by atoms with E-state index in [-0.39, 0.29) is 0 Å². The fourth-order valence-corrected chi connectivity index (χ4v) is 1.68. The number of hydrogen-bond acceptors (Lipinski definition) is 3. The van der Waals surface area contributed by atoms with Gasteiger partial charge in [-0.1, -0.05) is 12.2 Å². The van der Waals surface area contributed by atoms with E-state index in [2.05, 4.69) is 15.6 Å². The molecule has 4 heteroatoms. The van der Waals surface area contributed by atoms with E-state index in [1.165, 1.54) is 0 Å². The van der Waals surface area contributed by atoms with Gasteiger partial charge < -0.3 is 0 Å². The number of hydrogen-bond donors (Lipinski definition) is 1. The average Bonchev–Trinajstić information content (AvgIpc) is 2.58. The highest BCUT2D eigenvalue weighted by Gasteiger charge is 1.96. The zero-order valence-corrected chi connectivity index (χ0v) is 7.78. The first-order valence-electron chi connectivity index (χ1n) is 3.44. The molecule has 0 aliphatic carbocycles. The van der Waals surface area contributed by atoms with Gasteiger partial charge in [-0.3, -0.25) is 5.10 Å². The van der Waals surface area contributed by atoms with Crippen LogP contribution in [0.1, 0.15) is 0 Å². The van der Waals surface area contributed by atoms with Crippen molar-refractivity contribution in [1.29, 1.82) is 0 Å². The van der Waals surface area contributed by atoms with Crippen LogP contribution < -0.4 is 0 Å². The Bertz CT molecular complexity index is 396. The standard InChI is InChI=1S/C8H6N2S2/c11-8-2-1-7(9-10-8)6-3-4-12-5-6/h1-5H,(H,10,11). The number of rotatable bonds is 1. The number of aromatic nitrogens is 2. The van der Waals surface area contributed by atoms with E-state index in [1.54, 1.807) is 11.3 Å². The SMILES string of the molecule is S=c1ccc(-c2ccsc2)n[nH]1. The van der Waals surface area contributed by atoms with Crippen LogP contribution in [0, 0.1) is 4.64 Å². The zero-order valence-electron chi connectivity index (χ0n) is 6.15. The van der Waals surface area contributed by atoms with E-state index in [4.69, 9.17) is 12.2 Å². The molecule has 2 rings (SSSR count). The lowest BCUT2D eigenvalue weighted by Crippen LogP contribution is -1.84. The Kier molecular flexibility index (Phi) is 2.01. The van der Waals surface area contributed by atoms with Crippen molar-refractivity contribution in [3.05, 3.63) is 33.6 Å². The van der Waals surface area contributed by atoms with Gasteiger partial charge in [0.2, 0.25) is 0 Å². The van der Waals surface area contributed by atoms with Gasteiger partial charge in [-0.05, 0) is 23.6 Å². The normalized spacial score (nSPS) is 10.0. The summed E-state index contributed by atoms with van der Waals surface area (Å²) in [6.07, 6.45) is 0. The lowest BCUT2D eigenvalue weighted by Gasteiger charge is -1.93. The second-order valence-electron chi connectivity index (χ2n) is 2.32. The Morgan fingerprint density at radius 3 is 2.83 bits per heavy atom. The lowest BCUT2D eigenvalue weighted by atomic mass is 10.2. The molecule has 2 heterocycles. The van der Waals surface area contributed by atoms with E-state index in [0.717, 1.165) is 11.3 Å². The summed E-state index contributed by atoms with van der Waals surface area (Å²) in [6.45, 7) is 0. The van der Waals surface area contributed by atoms with Gasteiger partial charge in [0.15, 0.2) is 0 Å². The van der Waals surface area contributed by atoms with Gasteiger partial charge in [0.05, 0.1) is 5.69 Å². The van der Waals surface area contributed by atoms with Crippen LogP contribution in [-0.2, 0) is 0 Å². The number of thiophene rings is 1. The van der Waals surface area contributed by atoms with Crippen molar-refractivity contribution < 1.29 is 0 Å². The molecule has 2 aromatic rings. The predicted molar refractivity (Wildman–Crippen MR) is 52.7 cm³/mol. The third-order valence-corrected chi connectivity index (χ3v) is 2.41. The minimum absolute atomic E-state index is 0.661. The van der Waals surface area contributed by atoms with Crippen molar-refractivity contribution in [3.8, 4) is 11.3 Å². The third kappa shape index (κ3) is 1.44. The van der Waals surface area contributed by atoms with Crippen LogP contribution >= 0.6 is 23.6 Å². The Hall–Kier alpha value is -1.00. The molecule has 2 aromatic heterocycles.